The Hall–Kier alpha value is -1.06. The van der Waals surface area contributed by atoms with Gasteiger partial charge >= 0.3 is 0 Å². The quantitative estimate of drug-likeness (QED) is 0.770. The standard InChI is InChI=1S/C14H22N2O2/c1-7(2)5-10-13(17)16-12-9-4-3-8(6-9)11(12)14(18)15-10/h7-12H,3-6H2,1-2H3,(H,15,18)(H,16,17)/t8-,9+,10-,11+,12-/m0/s1. The smallest absolute Gasteiger partial charge is 0.242 e. The second kappa shape index (κ2) is 4.25. The molecule has 0 aromatic heterocycles. The highest BCUT2D eigenvalue weighted by Crippen LogP contribution is 2.49. The third-order valence-corrected chi connectivity index (χ3v) is 4.87. The van der Waals surface area contributed by atoms with Crippen molar-refractivity contribution in [3.05, 3.63) is 0 Å². The van der Waals surface area contributed by atoms with Gasteiger partial charge in [-0.2, -0.15) is 0 Å². The summed E-state index contributed by atoms with van der Waals surface area (Å²) in [6, 6.07) is -0.226. The van der Waals surface area contributed by atoms with Gasteiger partial charge in [0.25, 0.3) is 0 Å². The van der Waals surface area contributed by atoms with Gasteiger partial charge < -0.3 is 10.6 Å². The van der Waals surface area contributed by atoms with Gasteiger partial charge in [0.2, 0.25) is 11.8 Å². The largest absolute Gasteiger partial charge is 0.350 e. The third kappa shape index (κ3) is 1.82. The van der Waals surface area contributed by atoms with Crippen LogP contribution < -0.4 is 10.6 Å². The molecule has 3 rings (SSSR count). The van der Waals surface area contributed by atoms with E-state index in [1.165, 1.54) is 6.42 Å². The van der Waals surface area contributed by atoms with Crippen LogP contribution in [0.4, 0.5) is 0 Å². The van der Waals surface area contributed by atoms with E-state index < -0.39 is 0 Å². The monoisotopic (exact) mass is 250 g/mol. The van der Waals surface area contributed by atoms with Crippen LogP contribution in [-0.4, -0.2) is 23.9 Å². The van der Waals surface area contributed by atoms with Crippen LogP contribution in [0, 0.1) is 23.7 Å². The lowest BCUT2D eigenvalue weighted by Gasteiger charge is -2.27. The highest BCUT2D eigenvalue weighted by molar-refractivity contribution is 5.92. The SMILES string of the molecule is CC(C)C[C@@H]1NC(=O)[C@@H]2[C@H]3CC[C@H](C3)[C@@H]2NC1=O. The summed E-state index contributed by atoms with van der Waals surface area (Å²) in [5.41, 5.74) is 0. The van der Waals surface area contributed by atoms with Gasteiger partial charge in [-0.15, -0.1) is 0 Å². The number of amides is 2. The molecule has 0 aromatic carbocycles. The van der Waals surface area contributed by atoms with Crippen molar-refractivity contribution in [3.63, 3.8) is 0 Å². The van der Waals surface area contributed by atoms with Crippen molar-refractivity contribution in [1.29, 1.82) is 0 Å². The summed E-state index contributed by atoms with van der Waals surface area (Å²) in [5, 5.41) is 6.10. The molecule has 0 spiro atoms. The number of nitrogens with one attached hydrogen (secondary N) is 2. The molecule has 3 aliphatic rings. The van der Waals surface area contributed by atoms with E-state index in [1.807, 2.05) is 0 Å². The van der Waals surface area contributed by atoms with Gasteiger partial charge in [0.1, 0.15) is 6.04 Å². The normalized spacial score (nSPS) is 42.5. The van der Waals surface area contributed by atoms with Crippen LogP contribution in [0.25, 0.3) is 0 Å². The van der Waals surface area contributed by atoms with Crippen LogP contribution in [0.15, 0.2) is 0 Å². The van der Waals surface area contributed by atoms with Crippen LogP contribution in [-0.2, 0) is 9.59 Å². The van der Waals surface area contributed by atoms with E-state index in [4.69, 9.17) is 0 Å². The number of fused-ring (bicyclic) bond motifs is 5. The molecule has 0 radical (unpaired) electrons. The topological polar surface area (TPSA) is 58.2 Å². The summed E-state index contributed by atoms with van der Waals surface area (Å²) >= 11 is 0. The Balaban J connectivity index is 1.80. The lowest BCUT2D eigenvalue weighted by Crippen LogP contribution is -2.46. The molecule has 2 N–H and O–H groups in total. The molecule has 18 heavy (non-hydrogen) atoms. The van der Waals surface area contributed by atoms with Crippen LogP contribution in [0.1, 0.15) is 39.5 Å². The lowest BCUT2D eigenvalue weighted by molar-refractivity contribution is -0.129. The Bertz CT molecular complexity index is 380. The molecular formula is C14H22N2O2. The van der Waals surface area contributed by atoms with E-state index in [2.05, 4.69) is 24.5 Å². The molecule has 5 atom stereocenters. The molecule has 0 aromatic rings. The fourth-order valence-electron chi connectivity index (χ4n) is 4.11. The molecule has 1 heterocycles. The number of carbonyl (C=O) groups excluding carboxylic acids is 2. The Kier molecular flexibility index (Phi) is 2.83. The first kappa shape index (κ1) is 12.0. The van der Waals surface area contributed by atoms with Crippen LogP contribution >= 0.6 is 0 Å². The summed E-state index contributed by atoms with van der Waals surface area (Å²) in [6.07, 6.45) is 4.18. The zero-order valence-corrected chi connectivity index (χ0v) is 11.1. The van der Waals surface area contributed by atoms with Crippen LogP contribution in [0.2, 0.25) is 0 Å². The van der Waals surface area contributed by atoms with Crippen molar-refractivity contribution in [1.82, 2.24) is 10.6 Å². The fourth-order valence-corrected chi connectivity index (χ4v) is 4.11. The highest BCUT2D eigenvalue weighted by Gasteiger charge is 2.53. The maximum absolute atomic E-state index is 12.3. The molecular weight excluding hydrogens is 228 g/mol. The molecule has 0 unspecified atom stereocenters. The minimum Gasteiger partial charge on any atom is -0.350 e. The average molecular weight is 250 g/mol. The minimum absolute atomic E-state index is 0.0251. The average Bonchev–Trinajstić information content (AvgIpc) is 2.84. The van der Waals surface area contributed by atoms with Crippen molar-refractivity contribution in [2.24, 2.45) is 23.7 Å². The van der Waals surface area contributed by atoms with Crippen LogP contribution in [0.5, 0.6) is 0 Å². The second-order valence-electron chi connectivity index (χ2n) is 6.58. The van der Waals surface area contributed by atoms with Gasteiger partial charge in [-0.05, 0) is 43.4 Å². The molecule has 1 aliphatic heterocycles. The maximum atomic E-state index is 12.3. The minimum atomic E-state index is -0.331. The first-order valence-electron chi connectivity index (χ1n) is 7.17. The number of hydrogen-bond donors (Lipinski definition) is 2. The summed E-state index contributed by atoms with van der Waals surface area (Å²) < 4.78 is 0. The number of rotatable bonds is 2. The van der Waals surface area contributed by atoms with Crippen molar-refractivity contribution in [2.75, 3.05) is 0 Å². The molecule has 3 fully saturated rings. The van der Waals surface area contributed by atoms with E-state index in [1.54, 1.807) is 0 Å². The van der Waals surface area contributed by atoms with E-state index in [0.29, 0.717) is 17.8 Å². The lowest BCUT2D eigenvalue weighted by atomic mass is 9.84. The summed E-state index contributed by atoms with van der Waals surface area (Å²) in [5.74, 6) is 1.61. The van der Waals surface area contributed by atoms with Gasteiger partial charge in [-0.25, -0.2) is 0 Å². The zero-order chi connectivity index (χ0) is 12.9. The van der Waals surface area contributed by atoms with E-state index in [-0.39, 0.29) is 29.8 Å². The third-order valence-electron chi connectivity index (χ3n) is 4.87. The number of hydrogen-bond acceptors (Lipinski definition) is 2. The van der Waals surface area contributed by atoms with E-state index in [9.17, 15) is 9.59 Å². The predicted molar refractivity (Wildman–Crippen MR) is 67.6 cm³/mol. The van der Waals surface area contributed by atoms with E-state index >= 15 is 0 Å². The predicted octanol–water partition coefficient (Wildman–Crippen LogP) is 1.06. The fraction of sp³-hybridized carbons (Fsp3) is 0.857. The van der Waals surface area contributed by atoms with E-state index in [0.717, 1.165) is 19.3 Å². The van der Waals surface area contributed by atoms with Crippen molar-refractivity contribution >= 4 is 11.8 Å². The molecule has 4 nitrogen and oxygen atoms in total. The van der Waals surface area contributed by atoms with Crippen molar-refractivity contribution < 1.29 is 9.59 Å². The zero-order valence-electron chi connectivity index (χ0n) is 11.1. The van der Waals surface area contributed by atoms with Gasteiger partial charge in [0.05, 0.1) is 5.92 Å². The molecule has 2 amide bonds. The number of carbonyl (C=O) groups is 2. The van der Waals surface area contributed by atoms with Gasteiger partial charge in [0, 0.05) is 6.04 Å². The second-order valence-corrected chi connectivity index (χ2v) is 6.58. The molecule has 2 aliphatic carbocycles. The van der Waals surface area contributed by atoms with Crippen LogP contribution in [0.3, 0.4) is 0 Å². The van der Waals surface area contributed by atoms with Gasteiger partial charge in [0.15, 0.2) is 0 Å². The first-order valence-corrected chi connectivity index (χ1v) is 7.17. The van der Waals surface area contributed by atoms with Crippen molar-refractivity contribution in [2.45, 2.75) is 51.6 Å². The summed E-state index contributed by atoms with van der Waals surface area (Å²) in [7, 11) is 0. The highest BCUT2D eigenvalue weighted by atomic mass is 16.2. The molecule has 1 saturated heterocycles. The molecule has 100 valence electrons. The molecule has 2 bridgehead atoms. The Morgan fingerprint density at radius 1 is 1.11 bits per heavy atom. The van der Waals surface area contributed by atoms with Crippen molar-refractivity contribution in [3.8, 4) is 0 Å². The summed E-state index contributed by atoms with van der Waals surface area (Å²) in [4.78, 5) is 24.5. The molecule has 4 heteroatoms. The Labute approximate surface area is 108 Å². The van der Waals surface area contributed by atoms with Gasteiger partial charge in [-0.3, -0.25) is 9.59 Å². The van der Waals surface area contributed by atoms with Gasteiger partial charge in [-0.1, -0.05) is 13.8 Å². The Morgan fingerprint density at radius 3 is 2.56 bits per heavy atom. The summed E-state index contributed by atoms with van der Waals surface area (Å²) in [6.45, 7) is 4.16. The molecule has 2 saturated carbocycles. The first-order chi connectivity index (χ1) is 8.56. The Morgan fingerprint density at radius 2 is 1.83 bits per heavy atom. The maximum Gasteiger partial charge on any atom is 0.242 e.